The molecule has 0 amide bonds. The summed E-state index contributed by atoms with van der Waals surface area (Å²) < 4.78 is 0. The zero-order valence-corrected chi connectivity index (χ0v) is 11.0. The van der Waals surface area contributed by atoms with Gasteiger partial charge in [-0.1, -0.05) is 29.8 Å². The average Bonchev–Trinajstić information content (AvgIpc) is 2.38. The molecule has 2 aromatic rings. The van der Waals surface area contributed by atoms with E-state index in [1.165, 1.54) is 11.1 Å². The van der Waals surface area contributed by atoms with E-state index in [2.05, 4.69) is 51.8 Å². The van der Waals surface area contributed by atoms with Crippen molar-refractivity contribution in [3.05, 3.63) is 47.3 Å². The van der Waals surface area contributed by atoms with Crippen molar-refractivity contribution in [2.24, 2.45) is 0 Å². The molecular weight excluding hydrogens is 224 g/mol. The summed E-state index contributed by atoms with van der Waals surface area (Å²) in [5, 5.41) is 6.39. The van der Waals surface area contributed by atoms with E-state index in [4.69, 9.17) is 0 Å². The maximum atomic E-state index is 4.26. The largest absolute Gasteiger partial charge is 0.373 e. The molecule has 18 heavy (non-hydrogen) atoms. The van der Waals surface area contributed by atoms with Crippen LogP contribution in [0.4, 0.5) is 11.6 Å². The molecule has 1 aromatic heterocycles. The predicted molar refractivity (Wildman–Crippen MR) is 74.8 cm³/mol. The molecule has 4 nitrogen and oxygen atoms in total. The Bertz CT molecular complexity index is 537. The third-order valence-corrected chi connectivity index (χ3v) is 2.86. The van der Waals surface area contributed by atoms with Crippen molar-refractivity contribution < 1.29 is 0 Å². The van der Waals surface area contributed by atoms with Crippen LogP contribution < -0.4 is 10.6 Å². The SMILES string of the molecule is CNc1ncnc(NCc2cccc(C)c2)c1C. The summed E-state index contributed by atoms with van der Waals surface area (Å²) in [6.45, 7) is 4.87. The third-order valence-electron chi connectivity index (χ3n) is 2.86. The molecule has 0 atom stereocenters. The molecule has 2 N–H and O–H groups in total. The van der Waals surface area contributed by atoms with Gasteiger partial charge in [0.1, 0.15) is 18.0 Å². The number of anilines is 2. The molecule has 1 heterocycles. The first kappa shape index (κ1) is 12.4. The fourth-order valence-electron chi connectivity index (χ4n) is 1.89. The number of rotatable bonds is 4. The fraction of sp³-hybridized carbons (Fsp3) is 0.286. The summed E-state index contributed by atoms with van der Waals surface area (Å²) in [5.74, 6) is 1.73. The van der Waals surface area contributed by atoms with Gasteiger partial charge in [0.15, 0.2) is 0 Å². The van der Waals surface area contributed by atoms with E-state index < -0.39 is 0 Å². The number of aromatic nitrogens is 2. The summed E-state index contributed by atoms with van der Waals surface area (Å²) >= 11 is 0. The van der Waals surface area contributed by atoms with Crippen molar-refractivity contribution in [1.29, 1.82) is 0 Å². The minimum atomic E-state index is 0.767. The van der Waals surface area contributed by atoms with Crippen molar-refractivity contribution in [3.63, 3.8) is 0 Å². The van der Waals surface area contributed by atoms with Crippen LogP contribution in [-0.4, -0.2) is 17.0 Å². The first-order chi connectivity index (χ1) is 8.70. The van der Waals surface area contributed by atoms with Gasteiger partial charge in [-0.2, -0.15) is 0 Å². The van der Waals surface area contributed by atoms with Crippen LogP contribution in [0, 0.1) is 13.8 Å². The summed E-state index contributed by atoms with van der Waals surface area (Å²) in [4.78, 5) is 8.43. The van der Waals surface area contributed by atoms with Gasteiger partial charge in [0.25, 0.3) is 0 Å². The smallest absolute Gasteiger partial charge is 0.134 e. The molecule has 0 radical (unpaired) electrons. The van der Waals surface area contributed by atoms with Gasteiger partial charge in [-0.15, -0.1) is 0 Å². The van der Waals surface area contributed by atoms with Crippen LogP contribution in [0.2, 0.25) is 0 Å². The molecule has 0 saturated carbocycles. The minimum Gasteiger partial charge on any atom is -0.373 e. The van der Waals surface area contributed by atoms with E-state index in [0.717, 1.165) is 23.7 Å². The number of aryl methyl sites for hydroxylation is 1. The summed E-state index contributed by atoms with van der Waals surface area (Å²) in [5.41, 5.74) is 3.55. The van der Waals surface area contributed by atoms with Gasteiger partial charge in [0.2, 0.25) is 0 Å². The van der Waals surface area contributed by atoms with Crippen LogP contribution in [0.15, 0.2) is 30.6 Å². The molecule has 0 aliphatic heterocycles. The van der Waals surface area contributed by atoms with Gasteiger partial charge in [-0.25, -0.2) is 9.97 Å². The highest BCUT2D eigenvalue weighted by molar-refractivity contribution is 5.56. The van der Waals surface area contributed by atoms with Crippen molar-refractivity contribution in [2.45, 2.75) is 20.4 Å². The fourth-order valence-corrected chi connectivity index (χ4v) is 1.89. The number of nitrogens with zero attached hydrogens (tertiary/aromatic N) is 2. The highest BCUT2D eigenvalue weighted by atomic mass is 15.1. The molecule has 0 aliphatic carbocycles. The molecule has 94 valence electrons. The number of hydrogen-bond donors (Lipinski definition) is 2. The Morgan fingerprint density at radius 2 is 1.89 bits per heavy atom. The Labute approximate surface area is 107 Å². The molecular formula is C14H18N4. The quantitative estimate of drug-likeness (QED) is 0.865. The molecule has 0 unspecified atom stereocenters. The number of benzene rings is 1. The first-order valence-electron chi connectivity index (χ1n) is 5.99. The lowest BCUT2D eigenvalue weighted by Gasteiger charge is -2.11. The molecule has 1 aromatic carbocycles. The van der Waals surface area contributed by atoms with Crippen LogP contribution in [0.5, 0.6) is 0 Å². The lowest BCUT2D eigenvalue weighted by molar-refractivity contribution is 1.06. The predicted octanol–water partition coefficient (Wildman–Crippen LogP) is 2.75. The monoisotopic (exact) mass is 242 g/mol. The molecule has 4 heteroatoms. The van der Waals surface area contributed by atoms with Crippen LogP contribution in [-0.2, 0) is 6.54 Å². The van der Waals surface area contributed by atoms with Gasteiger partial charge in [0.05, 0.1) is 0 Å². The Balaban J connectivity index is 2.11. The Morgan fingerprint density at radius 1 is 1.11 bits per heavy atom. The zero-order chi connectivity index (χ0) is 13.0. The van der Waals surface area contributed by atoms with Crippen LogP contribution >= 0.6 is 0 Å². The van der Waals surface area contributed by atoms with Crippen LogP contribution in [0.3, 0.4) is 0 Å². The highest BCUT2D eigenvalue weighted by Gasteiger charge is 2.04. The second kappa shape index (κ2) is 5.49. The van der Waals surface area contributed by atoms with E-state index in [0.29, 0.717) is 0 Å². The normalized spacial score (nSPS) is 10.2. The van der Waals surface area contributed by atoms with Crippen molar-refractivity contribution >= 4 is 11.6 Å². The lowest BCUT2D eigenvalue weighted by atomic mass is 10.1. The Hall–Kier alpha value is -2.10. The Morgan fingerprint density at radius 3 is 2.61 bits per heavy atom. The lowest BCUT2D eigenvalue weighted by Crippen LogP contribution is -2.06. The van der Waals surface area contributed by atoms with Crippen LogP contribution in [0.25, 0.3) is 0 Å². The molecule has 0 fully saturated rings. The van der Waals surface area contributed by atoms with E-state index in [1.807, 2.05) is 14.0 Å². The average molecular weight is 242 g/mol. The van der Waals surface area contributed by atoms with E-state index >= 15 is 0 Å². The van der Waals surface area contributed by atoms with Gasteiger partial charge in [-0.3, -0.25) is 0 Å². The maximum absolute atomic E-state index is 4.26. The molecule has 0 bridgehead atoms. The standard InChI is InChI=1S/C14H18N4/c1-10-5-4-6-12(7-10)8-16-14-11(2)13(15-3)17-9-18-14/h4-7,9H,8H2,1-3H3,(H2,15,16,17,18). The molecule has 0 saturated heterocycles. The highest BCUT2D eigenvalue weighted by Crippen LogP contribution is 2.18. The number of nitrogens with one attached hydrogen (secondary N) is 2. The van der Waals surface area contributed by atoms with Crippen molar-refractivity contribution in [2.75, 3.05) is 17.7 Å². The topological polar surface area (TPSA) is 49.8 Å². The Kier molecular flexibility index (Phi) is 3.77. The summed E-state index contributed by atoms with van der Waals surface area (Å²) in [7, 11) is 1.86. The van der Waals surface area contributed by atoms with Gasteiger partial charge >= 0.3 is 0 Å². The second-order valence-electron chi connectivity index (χ2n) is 4.29. The van der Waals surface area contributed by atoms with Crippen LogP contribution in [0.1, 0.15) is 16.7 Å². The van der Waals surface area contributed by atoms with Gasteiger partial charge < -0.3 is 10.6 Å². The summed E-state index contributed by atoms with van der Waals surface area (Å²) in [6, 6.07) is 8.44. The summed E-state index contributed by atoms with van der Waals surface area (Å²) in [6.07, 6.45) is 1.57. The van der Waals surface area contributed by atoms with Crippen molar-refractivity contribution in [3.8, 4) is 0 Å². The molecule has 2 rings (SSSR count). The van der Waals surface area contributed by atoms with E-state index in [9.17, 15) is 0 Å². The van der Waals surface area contributed by atoms with E-state index in [1.54, 1.807) is 6.33 Å². The maximum Gasteiger partial charge on any atom is 0.134 e. The second-order valence-corrected chi connectivity index (χ2v) is 4.29. The molecule has 0 aliphatic rings. The van der Waals surface area contributed by atoms with Gasteiger partial charge in [0, 0.05) is 19.2 Å². The van der Waals surface area contributed by atoms with E-state index in [-0.39, 0.29) is 0 Å². The zero-order valence-electron chi connectivity index (χ0n) is 11.0. The minimum absolute atomic E-state index is 0.767. The van der Waals surface area contributed by atoms with Gasteiger partial charge in [-0.05, 0) is 19.4 Å². The first-order valence-corrected chi connectivity index (χ1v) is 5.99. The third kappa shape index (κ3) is 2.77. The van der Waals surface area contributed by atoms with Crippen molar-refractivity contribution in [1.82, 2.24) is 9.97 Å². The molecule has 0 spiro atoms. The number of hydrogen-bond acceptors (Lipinski definition) is 4.